The maximum Gasteiger partial charge on any atom is 0.291 e. The van der Waals surface area contributed by atoms with Crippen molar-refractivity contribution in [1.29, 1.82) is 0 Å². The minimum Gasteiger partial charge on any atom is -0.550 e. The predicted molar refractivity (Wildman–Crippen MR) is 47.3 cm³/mol. The molecular formula is C7H16N2O6. The number of carbonyl (C=O) groups is 1. The van der Waals surface area contributed by atoms with Crippen LogP contribution in [0.3, 0.4) is 0 Å². The van der Waals surface area contributed by atoms with Crippen molar-refractivity contribution in [1.82, 2.24) is 0 Å². The maximum absolute atomic E-state index is 10.0. The molecule has 0 aromatic carbocycles. The molecule has 0 aliphatic rings. The lowest BCUT2D eigenvalue weighted by molar-refractivity contribution is -0.873. The van der Waals surface area contributed by atoms with Gasteiger partial charge in [-0.05, 0) is 0 Å². The summed E-state index contributed by atoms with van der Waals surface area (Å²) in [5.74, 6) is -1.20. The number of aliphatic carboxylic acids is 1. The van der Waals surface area contributed by atoms with E-state index in [1.54, 1.807) is 0 Å². The molecule has 0 amide bonds. The van der Waals surface area contributed by atoms with E-state index in [-0.39, 0.29) is 6.42 Å². The highest BCUT2D eigenvalue weighted by Crippen LogP contribution is 1.97. The molecule has 0 spiro atoms. The fourth-order valence-electron chi connectivity index (χ4n) is 0.889. The fourth-order valence-corrected chi connectivity index (χ4v) is 0.889. The summed E-state index contributed by atoms with van der Waals surface area (Å²) in [5, 5.41) is 32.8. The van der Waals surface area contributed by atoms with Gasteiger partial charge in [-0.15, -0.1) is 10.1 Å². The third kappa shape index (κ3) is 24.5. The van der Waals surface area contributed by atoms with Crippen LogP contribution in [0.1, 0.15) is 6.42 Å². The van der Waals surface area contributed by atoms with Crippen molar-refractivity contribution >= 4 is 5.97 Å². The molecule has 0 heterocycles. The number of carboxylic acids is 1. The molecule has 0 saturated carbocycles. The van der Waals surface area contributed by atoms with E-state index in [9.17, 15) is 9.90 Å². The molecule has 8 nitrogen and oxygen atoms in total. The van der Waals surface area contributed by atoms with Gasteiger partial charge in [0.05, 0.1) is 21.1 Å². The number of aliphatic hydroxyl groups excluding tert-OH is 1. The molecule has 0 bridgehead atoms. The zero-order valence-corrected chi connectivity index (χ0v) is 8.91. The average Bonchev–Trinajstić information content (AvgIpc) is 1.76. The fraction of sp³-hybridized carbons (Fsp3) is 0.857. The minimum atomic E-state index is -1.50. The van der Waals surface area contributed by atoms with Gasteiger partial charge in [0.1, 0.15) is 12.6 Å². The van der Waals surface area contributed by atoms with E-state index in [0.717, 1.165) is 0 Å². The largest absolute Gasteiger partial charge is 0.550 e. The first-order valence-corrected chi connectivity index (χ1v) is 4.06. The summed E-state index contributed by atoms with van der Waals surface area (Å²) in [7, 11) is 5.66. The van der Waals surface area contributed by atoms with Crippen molar-refractivity contribution in [2.24, 2.45) is 0 Å². The third-order valence-electron chi connectivity index (χ3n) is 1.16. The Morgan fingerprint density at radius 3 is 2.00 bits per heavy atom. The number of aliphatic hydroxyl groups is 1. The smallest absolute Gasteiger partial charge is 0.291 e. The van der Waals surface area contributed by atoms with Crippen LogP contribution in [0.25, 0.3) is 0 Å². The standard InChI is InChI=1S/C7H15NO3.HNO3/c1-8(2,3)5-6(9)4-7(10)11;2-1(3)4/h6,9H,4-5H2,1-3H3;(H,2,3,4)/t6-;/m1./s1. The second kappa shape index (κ2) is 6.96. The summed E-state index contributed by atoms with van der Waals surface area (Å²) < 4.78 is 0.550. The van der Waals surface area contributed by atoms with E-state index in [2.05, 4.69) is 0 Å². The minimum absolute atomic E-state index is 0.282. The monoisotopic (exact) mass is 224 g/mol. The van der Waals surface area contributed by atoms with E-state index in [4.69, 9.17) is 20.4 Å². The molecule has 90 valence electrons. The van der Waals surface area contributed by atoms with Gasteiger partial charge in [0, 0.05) is 12.4 Å². The third-order valence-corrected chi connectivity index (χ3v) is 1.16. The van der Waals surface area contributed by atoms with Crippen molar-refractivity contribution in [3.8, 4) is 0 Å². The number of nitrogens with zero attached hydrogens (tertiary/aromatic N) is 2. The molecule has 2 N–H and O–H groups in total. The number of likely N-dealkylation sites (N-methyl/N-ethyl adjacent to an activating group) is 1. The molecule has 0 fully saturated rings. The van der Waals surface area contributed by atoms with Gasteiger partial charge in [-0.3, -0.25) is 0 Å². The molecule has 0 aliphatic carbocycles. The highest BCUT2D eigenvalue weighted by Gasteiger charge is 2.14. The number of rotatable bonds is 4. The molecule has 0 unspecified atom stereocenters. The van der Waals surface area contributed by atoms with Crippen LogP contribution in [0.2, 0.25) is 0 Å². The first-order valence-electron chi connectivity index (χ1n) is 4.06. The van der Waals surface area contributed by atoms with Gasteiger partial charge in [0.15, 0.2) is 0 Å². The van der Waals surface area contributed by atoms with Crippen molar-refractivity contribution in [3.63, 3.8) is 0 Å². The lowest BCUT2D eigenvalue weighted by atomic mass is 10.2. The molecule has 0 saturated heterocycles. The molecule has 0 radical (unpaired) electrons. The Morgan fingerprint density at radius 2 is 1.80 bits per heavy atom. The van der Waals surface area contributed by atoms with E-state index in [1.807, 2.05) is 21.1 Å². The van der Waals surface area contributed by atoms with Crippen LogP contribution in [0, 0.1) is 10.1 Å². The molecule has 15 heavy (non-hydrogen) atoms. The van der Waals surface area contributed by atoms with Crippen LogP contribution in [0.4, 0.5) is 0 Å². The molecule has 8 heteroatoms. The van der Waals surface area contributed by atoms with Gasteiger partial charge >= 0.3 is 0 Å². The van der Waals surface area contributed by atoms with Crippen LogP contribution in [-0.4, -0.2) is 59.6 Å². The quantitative estimate of drug-likeness (QED) is 0.318. The first-order chi connectivity index (χ1) is 6.54. The SMILES string of the molecule is C[N+](C)(C)C[C@H](O)CC(=O)[O-].O=[N+]([O-])O. The Labute approximate surface area is 87.1 Å². The highest BCUT2D eigenvalue weighted by molar-refractivity contribution is 5.64. The van der Waals surface area contributed by atoms with Gasteiger partial charge in [-0.25, -0.2) is 0 Å². The zero-order valence-electron chi connectivity index (χ0n) is 8.91. The highest BCUT2D eigenvalue weighted by atomic mass is 16.9. The number of quaternary nitrogens is 1. The lowest BCUT2D eigenvalue weighted by Gasteiger charge is -2.26. The number of carbonyl (C=O) groups excluding carboxylic acids is 1. The normalized spacial score (nSPS) is 12.3. The van der Waals surface area contributed by atoms with Crippen LogP contribution in [0.5, 0.6) is 0 Å². The Balaban J connectivity index is 0. The molecule has 0 aliphatic heterocycles. The summed E-state index contributed by atoms with van der Waals surface area (Å²) in [6.45, 7) is 0.425. The molecule has 0 aromatic rings. The van der Waals surface area contributed by atoms with Crippen molar-refractivity contribution in [3.05, 3.63) is 10.1 Å². The second-order valence-corrected chi connectivity index (χ2v) is 3.94. The van der Waals surface area contributed by atoms with Crippen LogP contribution >= 0.6 is 0 Å². The number of hydrogen-bond donors (Lipinski definition) is 2. The number of carboxylic acid groups (broad SMARTS) is 1. The lowest BCUT2D eigenvalue weighted by Crippen LogP contribution is -2.43. The van der Waals surface area contributed by atoms with Crippen molar-refractivity contribution in [2.75, 3.05) is 27.7 Å². The van der Waals surface area contributed by atoms with Gasteiger partial charge in [0.25, 0.3) is 5.09 Å². The zero-order chi connectivity index (χ0) is 12.6. The van der Waals surface area contributed by atoms with E-state index < -0.39 is 17.2 Å². The topological polar surface area (TPSA) is 124 Å². The summed E-state index contributed by atoms with van der Waals surface area (Å²) in [6, 6.07) is 0. The van der Waals surface area contributed by atoms with Gasteiger partial charge in [-0.2, -0.15) is 0 Å². The van der Waals surface area contributed by atoms with Gasteiger partial charge in [-0.1, -0.05) is 0 Å². The van der Waals surface area contributed by atoms with Crippen molar-refractivity contribution in [2.45, 2.75) is 12.5 Å². The van der Waals surface area contributed by atoms with Crippen LogP contribution < -0.4 is 5.11 Å². The summed E-state index contributed by atoms with van der Waals surface area (Å²) in [4.78, 5) is 18.4. The van der Waals surface area contributed by atoms with Gasteiger partial charge < -0.3 is 24.7 Å². The van der Waals surface area contributed by atoms with E-state index in [0.29, 0.717) is 11.0 Å². The maximum atomic E-state index is 10.0. The molecule has 1 atom stereocenters. The average molecular weight is 224 g/mol. The van der Waals surface area contributed by atoms with E-state index in [1.165, 1.54) is 0 Å². The van der Waals surface area contributed by atoms with Crippen LogP contribution in [-0.2, 0) is 4.79 Å². The Kier molecular flexibility index (Phi) is 7.44. The van der Waals surface area contributed by atoms with Crippen molar-refractivity contribution < 1.29 is 29.8 Å². The van der Waals surface area contributed by atoms with Crippen LogP contribution in [0.15, 0.2) is 0 Å². The van der Waals surface area contributed by atoms with E-state index >= 15 is 0 Å². The predicted octanol–water partition coefficient (Wildman–Crippen LogP) is -2.15. The first kappa shape index (κ1) is 16.0. The summed E-state index contributed by atoms with van der Waals surface area (Å²) in [6.07, 6.45) is -1.09. The summed E-state index contributed by atoms with van der Waals surface area (Å²) >= 11 is 0. The summed E-state index contributed by atoms with van der Waals surface area (Å²) in [5.41, 5.74) is 0. The number of hydrogen-bond acceptors (Lipinski definition) is 5. The molecule has 0 rings (SSSR count). The Morgan fingerprint density at radius 1 is 1.47 bits per heavy atom. The Bertz CT molecular complexity index is 208. The second-order valence-electron chi connectivity index (χ2n) is 3.94. The van der Waals surface area contributed by atoms with Gasteiger partial charge in [0.2, 0.25) is 0 Å². The Hall–Kier alpha value is -1.41. The molecule has 0 aromatic heterocycles. The molecular weight excluding hydrogens is 208 g/mol.